The second kappa shape index (κ2) is 10.8. The number of hydrogen-bond donors (Lipinski definition) is 4. The maximum atomic E-state index is 12.3. The summed E-state index contributed by atoms with van der Waals surface area (Å²) in [6, 6.07) is 22.8. The molecule has 8 nitrogen and oxygen atoms in total. The maximum absolute atomic E-state index is 12.3. The Bertz CT molecular complexity index is 1180. The first-order valence-electron chi connectivity index (χ1n) is 11.3. The van der Waals surface area contributed by atoms with Gasteiger partial charge in [0.2, 0.25) is 0 Å². The lowest BCUT2D eigenvalue weighted by Crippen LogP contribution is -2.33. The van der Waals surface area contributed by atoms with E-state index in [1.54, 1.807) is 24.3 Å². The molecule has 0 aromatic heterocycles. The summed E-state index contributed by atoms with van der Waals surface area (Å²) in [6.07, 6.45) is -2.13. The van der Waals surface area contributed by atoms with Crippen LogP contribution in [0, 0.1) is 0 Å². The van der Waals surface area contributed by atoms with E-state index < -0.39 is 30.5 Å². The van der Waals surface area contributed by atoms with Crippen LogP contribution in [-0.2, 0) is 16.1 Å². The molecule has 0 saturated carbocycles. The number of carboxylic acid groups (broad SMARTS) is 1. The molecule has 0 spiro atoms. The molecule has 4 N–H and O–H groups in total. The number of amides is 2. The summed E-state index contributed by atoms with van der Waals surface area (Å²) < 4.78 is 5.53. The first-order chi connectivity index (χ1) is 16.9. The number of carboxylic acids is 1. The molecule has 0 bridgehead atoms. The van der Waals surface area contributed by atoms with Crippen LogP contribution in [0.5, 0.6) is 0 Å². The normalized spacial score (nSPS) is 12.8. The highest BCUT2D eigenvalue weighted by Crippen LogP contribution is 2.44. The minimum absolute atomic E-state index is 0.0139. The lowest BCUT2D eigenvalue weighted by atomic mass is 9.98. The highest BCUT2D eigenvalue weighted by Gasteiger charge is 2.28. The van der Waals surface area contributed by atoms with Crippen molar-refractivity contribution in [3.63, 3.8) is 0 Å². The van der Waals surface area contributed by atoms with Gasteiger partial charge in [0.25, 0.3) is 5.91 Å². The number of hydrogen-bond acceptors (Lipinski definition) is 5. The number of carbonyl (C=O) groups excluding carboxylic acids is 2. The van der Waals surface area contributed by atoms with E-state index in [4.69, 9.17) is 9.84 Å². The summed E-state index contributed by atoms with van der Waals surface area (Å²) in [4.78, 5) is 35.0. The van der Waals surface area contributed by atoms with Gasteiger partial charge in [-0.1, -0.05) is 60.7 Å². The molecular weight excluding hydrogens is 448 g/mol. The van der Waals surface area contributed by atoms with E-state index in [0.29, 0.717) is 5.56 Å². The Morgan fingerprint density at radius 3 is 2.06 bits per heavy atom. The van der Waals surface area contributed by atoms with Crippen molar-refractivity contribution in [1.82, 2.24) is 10.6 Å². The van der Waals surface area contributed by atoms with Crippen LogP contribution in [0.1, 0.15) is 39.4 Å². The van der Waals surface area contributed by atoms with Gasteiger partial charge in [0.05, 0.1) is 12.5 Å². The summed E-state index contributed by atoms with van der Waals surface area (Å²) >= 11 is 0. The fourth-order valence-electron chi connectivity index (χ4n) is 4.18. The standard InChI is InChI=1S/C27H26N2O6/c30-19(13-25(31)32)15-28-26(33)18-11-9-17(10-12-18)14-29-27(34)35-16-24-22-7-3-1-5-20(22)21-6-2-4-8-23(21)24/h1-12,19,24,30H,13-16H2,(H,28,33)(H,29,34)(H,31,32). The van der Waals surface area contributed by atoms with Gasteiger partial charge in [-0.3, -0.25) is 9.59 Å². The highest BCUT2D eigenvalue weighted by molar-refractivity contribution is 5.94. The predicted molar refractivity (Wildman–Crippen MR) is 129 cm³/mol. The SMILES string of the molecule is O=C(O)CC(O)CNC(=O)c1ccc(CNC(=O)OCC2c3ccccc3-c3ccccc32)cc1. The Kier molecular flexibility index (Phi) is 7.42. The van der Waals surface area contributed by atoms with Gasteiger partial charge in [-0.25, -0.2) is 4.79 Å². The zero-order valence-electron chi connectivity index (χ0n) is 18.9. The molecule has 8 heteroatoms. The van der Waals surface area contributed by atoms with Crippen molar-refractivity contribution in [2.45, 2.75) is 25.0 Å². The predicted octanol–water partition coefficient (Wildman–Crippen LogP) is 3.29. The number of alkyl carbamates (subject to hydrolysis) is 1. The van der Waals surface area contributed by atoms with Crippen molar-refractivity contribution in [3.8, 4) is 11.1 Å². The van der Waals surface area contributed by atoms with Gasteiger partial charge in [-0.05, 0) is 39.9 Å². The Morgan fingerprint density at radius 2 is 1.46 bits per heavy atom. The molecule has 0 fully saturated rings. The fourth-order valence-corrected chi connectivity index (χ4v) is 4.18. The molecule has 0 saturated heterocycles. The van der Waals surface area contributed by atoms with E-state index in [9.17, 15) is 19.5 Å². The molecule has 1 unspecified atom stereocenters. The minimum Gasteiger partial charge on any atom is -0.481 e. The van der Waals surface area contributed by atoms with E-state index in [1.165, 1.54) is 0 Å². The number of fused-ring (bicyclic) bond motifs is 3. The molecule has 0 radical (unpaired) electrons. The Balaban J connectivity index is 1.26. The number of rotatable bonds is 9. The third-order valence-electron chi connectivity index (χ3n) is 5.91. The average Bonchev–Trinajstić information content (AvgIpc) is 3.18. The fraction of sp³-hybridized carbons (Fsp3) is 0.222. The van der Waals surface area contributed by atoms with Crippen LogP contribution in [0.25, 0.3) is 11.1 Å². The monoisotopic (exact) mass is 474 g/mol. The van der Waals surface area contributed by atoms with Gasteiger partial charge in [0, 0.05) is 24.6 Å². The van der Waals surface area contributed by atoms with Crippen LogP contribution in [0.15, 0.2) is 72.8 Å². The lowest BCUT2D eigenvalue weighted by molar-refractivity contribution is -0.139. The lowest BCUT2D eigenvalue weighted by Gasteiger charge is -2.14. The molecule has 0 aliphatic heterocycles. The number of aliphatic carboxylic acids is 1. The van der Waals surface area contributed by atoms with Gasteiger partial charge in [0.1, 0.15) is 6.61 Å². The number of ether oxygens (including phenoxy) is 1. The molecule has 2 amide bonds. The minimum atomic E-state index is -1.16. The van der Waals surface area contributed by atoms with Crippen molar-refractivity contribution >= 4 is 18.0 Å². The van der Waals surface area contributed by atoms with E-state index in [1.807, 2.05) is 24.3 Å². The Hall–Kier alpha value is -4.17. The van der Waals surface area contributed by atoms with Crippen molar-refractivity contribution in [2.75, 3.05) is 13.2 Å². The van der Waals surface area contributed by atoms with Gasteiger partial charge in [-0.15, -0.1) is 0 Å². The smallest absolute Gasteiger partial charge is 0.407 e. The van der Waals surface area contributed by atoms with E-state index in [-0.39, 0.29) is 25.6 Å². The van der Waals surface area contributed by atoms with E-state index in [0.717, 1.165) is 27.8 Å². The van der Waals surface area contributed by atoms with Gasteiger partial charge < -0.3 is 25.6 Å². The van der Waals surface area contributed by atoms with Gasteiger partial charge in [-0.2, -0.15) is 0 Å². The molecule has 0 heterocycles. The first kappa shape index (κ1) is 24.0. The van der Waals surface area contributed by atoms with Crippen molar-refractivity contribution in [2.24, 2.45) is 0 Å². The van der Waals surface area contributed by atoms with Crippen LogP contribution < -0.4 is 10.6 Å². The molecule has 4 rings (SSSR count). The molecular formula is C27H26N2O6. The van der Waals surface area contributed by atoms with Crippen LogP contribution in [0.4, 0.5) is 4.79 Å². The average molecular weight is 475 g/mol. The van der Waals surface area contributed by atoms with Crippen molar-refractivity contribution in [3.05, 3.63) is 95.1 Å². The highest BCUT2D eigenvalue weighted by atomic mass is 16.5. The molecule has 3 aromatic rings. The number of nitrogens with one attached hydrogen (secondary N) is 2. The molecule has 1 atom stereocenters. The quantitative estimate of drug-likeness (QED) is 0.377. The molecule has 1 aliphatic rings. The molecule has 1 aliphatic carbocycles. The molecule has 3 aromatic carbocycles. The molecule has 35 heavy (non-hydrogen) atoms. The summed E-state index contributed by atoms with van der Waals surface area (Å²) in [5.41, 5.74) is 5.75. The topological polar surface area (TPSA) is 125 Å². The third-order valence-corrected chi connectivity index (χ3v) is 5.91. The summed E-state index contributed by atoms with van der Waals surface area (Å²) in [5.74, 6) is -1.58. The largest absolute Gasteiger partial charge is 0.481 e. The van der Waals surface area contributed by atoms with Gasteiger partial charge >= 0.3 is 12.1 Å². The van der Waals surface area contributed by atoms with Crippen LogP contribution in [0.2, 0.25) is 0 Å². The number of aliphatic hydroxyl groups is 1. The molecule has 180 valence electrons. The Morgan fingerprint density at radius 1 is 0.857 bits per heavy atom. The zero-order chi connectivity index (χ0) is 24.8. The second-order valence-corrected chi connectivity index (χ2v) is 8.34. The van der Waals surface area contributed by atoms with E-state index in [2.05, 4.69) is 34.9 Å². The van der Waals surface area contributed by atoms with Crippen LogP contribution in [0.3, 0.4) is 0 Å². The summed E-state index contributed by atoms with van der Waals surface area (Å²) in [7, 11) is 0. The van der Waals surface area contributed by atoms with Gasteiger partial charge in [0.15, 0.2) is 0 Å². The summed E-state index contributed by atoms with van der Waals surface area (Å²) in [5, 5.41) is 23.4. The van der Waals surface area contributed by atoms with E-state index >= 15 is 0 Å². The third kappa shape index (κ3) is 5.85. The number of carbonyl (C=O) groups is 3. The Labute approximate surface area is 202 Å². The van der Waals surface area contributed by atoms with Crippen molar-refractivity contribution in [1.29, 1.82) is 0 Å². The number of aliphatic hydroxyl groups excluding tert-OH is 1. The van der Waals surface area contributed by atoms with Crippen molar-refractivity contribution < 1.29 is 29.3 Å². The van der Waals surface area contributed by atoms with Crippen LogP contribution in [-0.4, -0.2) is 47.4 Å². The maximum Gasteiger partial charge on any atom is 0.407 e. The second-order valence-electron chi connectivity index (χ2n) is 8.34. The first-order valence-corrected chi connectivity index (χ1v) is 11.3. The summed E-state index contributed by atoms with van der Waals surface area (Å²) in [6.45, 7) is 0.304. The zero-order valence-corrected chi connectivity index (χ0v) is 18.9. The number of benzene rings is 3. The van der Waals surface area contributed by atoms with Crippen LogP contribution >= 0.6 is 0 Å².